The predicted octanol–water partition coefficient (Wildman–Crippen LogP) is 3.08. The Labute approximate surface area is 135 Å². The highest BCUT2D eigenvalue weighted by Gasteiger charge is 2.07. The molecule has 1 heterocycles. The lowest BCUT2D eigenvalue weighted by Gasteiger charge is -2.04. The van der Waals surface area contributed by atoms with Crippen molar-refractivity contribution in [3.05, 3.63) is 66.1 Å². The van der Waals surface area contributed by atoms with E-state index in [1.807, 2.05) is 54.6 Å². The summed E-state index contributed by atoms with van der Waals surface area (Å²) in [4.78, 5) is 0. The van der Waals surface area contributed by atoms with E-state index in [1.54, 1.807) is 7.11 Å². The van der Waals surface area contributed by atoms with E-state index in [4.69, 9.17) is 9.15 Å². The maximum Gasteiger partial charge on any atom is 0.247 e. The molecule has 1 N–H and O–H groups in total. The average Bonchev–Trinajstić information content (AvgIpc) is 3.09. The van der Waals surface area contributed by atoms with Gasteiger partial charge in [0.2, 0.25) is 11.8 Å². The van der Waals surface area contributed by atoms with Crippen molar-refractivity contribution < 1.29 is 9.15 Å². The van der Waals surface area contributed by atoms with Gasteiger partial charge in [-0.1, -0.05) is 30.3 Å². The van der Waals surface area contributed by atoms with Gasteiger partial charge < -0.3 is 14.5 Å². The Kier molecular flexibility index (Phi) is 5.01. The molecule has 0 aliphatic heterocycles. The fourth-order valence-corrected chi connectivity index (χ4v) is 2.22. The molecule has 118 valence electrons. The van der Waals surface area contributed by atoms with Gasteiger partial charge in [-0.15, -0.1) is 10.2 Å². The molecule has 0 saturated heterocycles. The number of aromatic nitrogens is 2. The van der Waals surface area contributed by atoms with Crippen LogP contribution in [0, 0.1) is 0 Å². The maximum atomic E-state index is 5.67. The molecule has 0 radical (unpaired) electrons. The Balaban J connectivity index is 1.46. The van der Waals surface area contributed by atoms with Crippen molar-refractivity contribution >= 4 is 0 Å². The van der Waals surface area contributed by atoms with E-state index in [0.717, 1.165) is 24.4 Å². The summed E-state index contributed by atoms with van der Waals surface area (Å²) in [6.45, 7) is 1.58. The fourth-order valence-electron chi connectivity index (χ4n) is 2.22. The first-order chi connectivity index (χ1) is 11.3. The quantitative estimate of drug-likeness (QED) is 0.680. The summed E-state index contributed by atoms with van der Waals surface area (Å²) in [5.41, 5.74) is 2.15. The summed E-state index contributed by atoms with van der Waals surface area (Å²) in [5.74, 6) is 2.08. The molecular formula is C18H19N3O2. The largest absolute Gasteiger partial charge is 0.497 e. The van der Waals surface area contributed by atoms with Gasteiger partial charge in [-0.3, -0.25) is 0 Å². The SMILES string of the molecule is COc1ccc(CNCCc2nnc(-c3ccccc3)o2)cc1. The number of methoxy groups -OCH3 is 1. The molecular weight excluding hydrogens is 290 g/mol. The van der Waals surface area contributed by atoms with Gasteiger partial charge >= 0.3 is 0 Å². The van der Waals surface area contributed by atoms with E-state index in [1.165, 1.54) is 5.56 Å². The number of nitrogens with zero attached hydrogens (tertiary/aromatic N) is 2. The molecule has 5 heteroatoms. The van der Waals surface area contributed by atoms with E-state index >= 15 is 0 Å². The monoisotopic (exact) mass is 309 g/mol. The lowest BCUT2D eigenvalue weighted by Crippen LogP contribution is -2.16. The minimum absolute atomic E-state index is 0.566. The average molecular weight is 309 g/mol. The van der Waals surface area contributed by atoms with Crippen LogP contribution in [0.3, 0.4) is 0 Å². The molecule has 0 saturated carbocycles. The van der Waals surface area contributed by atoms with Gasteiger partial charge in [0.05, 0.1) is 7.11 Å². The minimum Gasteiger partial charge on any atom is -0.497 e. The summed E-state index contributed by atoms with van der Waals surface area (Å²) < 4.78 is 10.8. The summed E-state index contributed by atoms with van der Waals surface area (Å²) in [5, 5.41) is 11.5. The number of hydrogen-bond acceptors (Lipinski definition) is 5. The molecule has 0 spiro atoms. The lowest BCUT2D eigenvalue weighted by molar-refractivity contribution is 0.414. The molecule has 0 unspecified atom stereocenters. The highest BCUT2D eigenvalue weighted by Crippen LogP contribution is 2.17. The van der Waals surface area contributed by atoms with Crippen LogP contribution in [0.5, 0.6) is 5.75 Å². The Morgan fingerprint density at radius 2 is 1.78 bits per heavy atom. The van der Waals surface area contributed by atoms with Crippen molar-refractivity contribution in [1.29, 1.82) is 0 Å². The molecule has 2 aromatic carbocycles. The number of nitrogens with one attached hydrogen (secondary N) is 1. The normalized spacial score (nSPS) is 10.7. The van der Waals surface area contributed by atoms with Crippen molar-refractivity contribution in [3.63, 3.8) is 0 Å². The van der Waals surface area contributed by atoms with E-state index in [2.05, 4.69) is 15.5 Å². The second kappa shape index (κ2) is 7.56. The van der Waals surface area contributed by atoms with E-state index < -0.39 is 0 Å². The highest BCUT2D eigenvalue weighted by atomic mass is 16.5. The Hall–Kier alpha value is -2.66. The fraction of sp³-hybridized carbons (Fsp3) is 0.222. The third kappa shape index (κ3) is 4.17. The van der Waals surface area contributed by atoms with Crippen LogP contribution in [0.25, 0.3) is 11.5 Å². The van der Waals surface area contributed by atoms with Gasteiger partial charge in [0.1, 0.15) is 5.75 Å². The van der Waals surface area contributed by atoms with Gasteiger partial charge in [0.15, 0.2) is 0 Å². The van der Waals surface area contributed by atoms with Crippen molar-refractivity contribution in [2.75, 3.05) is 13.7 Å². The maximum absolute atomic E-state index is 5.67. The molecule has 0 aliphatic carbocycles. The van der Waals surface area contributed by atoms with Gasteiger partial charge in [0, 0.05) is 25.1 Å². The van der Waals surface area contributed by atoms with Crippen molar-refractivity contribution in [1.82, 2.24) is 15.5 Å². The molecule has 3 rings (SSSR count). The predicted molar refractivity (Wildman–Crippen MR) is 88.1 cm³/mol. The summed E-state index contributed by atoms with van der Waals surface area (Å²) >= 11 is 0. The smallest absolute Gasteiger partial charge is 0.247 e. The van der Waals surface area contributed by atoms with Gasteiger partial charge in [0.25, 0.3) is 0 Å². The zero-order chi connectivity index (χ0) is 15.9. The number of rotatable bonds is 7. The second-order valence-corrected chi connectivity index (χ2v) is 5.14. The van der Waals surface area contributed by atoms with Crippen LogP contribution in [0.4, 0.5) is 0 Å². The zero-order valence-corrected chi connectivity index (χ0v) is 13.0. The van der Waals surface area contributed by atoms with Gasteiger partial charge in [-0.2, -0.15) is 0 Å². The molecule has 0 amide bonds. The highest BCUT2D eigenvalue weighted by molar-refractivity contribution is 5.51. The molecule has 3 aromatic rings. The Morgan fingerprint density at radius 1 is 1.00 bits per heavy atom. The standard InChI is InChI=1S/C18H19N3O2/c1-22-16-9-7-14(8-10-16)13-19-12-11-17-20-21-18(23-17)15-5-3-2-4-6-15/h2-10,19H,11-13H2,1H3. The van der Waals surface area contributed by atoms with Crippen LogP contribution in [0.2, 0.25) is 0 Å². The summed E-state index contributed by atoms with van der Waals surface area (Å²) in [6, 6.07) is 17.8. The first-order valence-corrected chi connectivity index (χ1v) is 7.56. The minimum atomic E-state index is 0.566. The molecule has 0 bridgehead atoms. The van der Waals surface area contributed by atoms with Gasteiger partial charge in [-0.05, 0) is 29.8 Å². The van der Waals surface area contributed by atoms with Crippen LogP contribution in [-0.2, 0) is 13.0 Å². The molecule has 23 heavy (non-hydrogen) atoms. The Bertz CT molecular complexity index is 724. The first kappa shape index (κ1) is 15.2. The summed E-state index contributed by atoms with van der Waals surface area (Å²) in [6.07, 6.45) is 0.704. The first-order valence-electron chi connectivity index (χ1n) is 7.56. The molecule has 0 atom stereocenters. The third-order valence-corrected chi connectivity index (χ3v) is 3.49. The van der Waals surface area contributed by atoms with Crippen LogP contribution in [0.1, 0.15) is 11.5 Å². The van der Waals surface area contributed by atoms with E-state index in [0.29, 0.717) is 18.2 Å². The lowest BCUT2D eigenvalue weighted by atomic mass is 10.2. The second-order valence-electron chi connectivity index (χ2n) is 5.14. The molecule has 5 nitrogen and oxygen atoms in total. The topological polar surface area (TPSA) is 60.2 Å². The van der Waals surface area contributed by atoms with Crippen LogP contribution >= 0.6 is 0 Å². The zero-order valence-electron chi connectivity index (χ0n) is 13.0. The van der Waals surface area contributed by atoms with Crippen LogP contribution in [-0.4, -0.2) is 23.9 Å². The molecule has 1 aromatic heterocycles. The summed E-state index contributed by atoms with van der Waals surface area (Å²) in [7, 11) is 1.67. The number of benzene rings is 2. The van der Waals surface area contributed by atoms with E-state index in [9.17, 15) is 0 Å². The molecule has 0 fully saturated rings. The third-order valence-electron chi connectivity index (χ3n) is 3.49. The molecule has 0 aliphatic rings. The number of hydrogen-bond donors (Lipinski definition) is 1. The van der Waals surface area contributed by atoms with Crippen molar-refractivity contribution in [2.24, 2.45) is 0 Å². The van der Waals surface area contributed by atoms with Crippen LogP contribution < -0.4 is 10.1 Å². The number of ether oxygens (including phenoxy) is 1. The Morgan fingerprint density at radius 3 is 2.52 bits per heavy atom. The van der Waals surface area contributed by atoms with Gasteiger partial charge in [-0.25, -0.2) is 0 Å². The van der Waals surface area contributed by atoms with Crippen molar-refractivity contribution in [2.45, 2.75) is 13.0 Å². The van der Waals surface area contributed by atoms with E-state index in [-0.39, 0.29) is 0 Å². The van der Waals surface area contributed by atoms with Crippen LogP contribution in [0.15, 0.2) is 59.0 Å². The van der Waals surface area contributed by atoms with Crippen molar-refractivity contribution in [3.8, 4) is 17.2 Å².